The van der Waals surface area contributed by atoms with E-state index in [4.69, 9.17) is 4.74 Å². The second kappa shape index (κ2) is 8.55. The van der Waals surface area contributed by atoms with Crippen LogP contribution in [0.15, 0.2) is 76.0 Å². The van der Waals surface area contributed by atoms with Gasteiger partial charge in [0.2, 0.25) is 0 Å². The second-order valence-corrected chi connectivity index (χ2v) is 8.55. The fraction of sp³-hybridized carbons (Fsp3) is 0.136. The van der Waals surface area contributed by atoms with Gasteiger partial charge in [0.25, 0.3) is 5.91 Å². The van der Waals surface area contributed by atoms with Crippen molar-refractivity contribution >= 4 is 28.0 Å². The van der Waals surface area contributed by atoms with Crippen LogP contribution in [-0.4, -0.2) is 34.1 Å². The number of benzene rings is 2. The molecule has 154 valence electrons. The number of carbonyl (C=O) groups is 2. The molecule has 0 bridgehead atoms. The number of rotatable bonds is 5. The molecule has 3 rings (SSSR count). The summed E-state index contributed by atoms with van der Waals surface area (Å²) in [7, 11) is -3.28. The molecule has 0 aliphatic carbocycles. The predicted molar refractivity (Wildman–Crippen MR) is 113 cm³/mol. The molecule has 0 atom stereocenters. The first kappa shape index (κ1) is 21.3. The molecular formula is C22H20N2O5S. The minimum Gasteiger partial charge on any atom is -0.460 e. The first-order valence-corrected chi connectivity index (χ1v) is 10.6. The van der Waals surface area contributed by atoms with Crippen LogP contribution in [0.5, 0.6) is 0 Å². The third kappa shape index (κ3) is 3.86. The first-order valence-electron chi connectivity index (χ1n) is 9.01. The fourth-order valence-corrected chi connectivity index (χ4v) is 4.84. The molecule has 0 saturated heterocycles. The molecule has 30 heavy (non-hydrogen) atoms. The normalized spacial score (nSPS) is 14.4. The number of ether oxygens (including phenoxy) is 1. The molecule has 0 spiro atoms. The zero-order chi connectivity index (χ0) is 21.9. The molecule has 0 fully saturated rings. The standard InChI is InChI=1S/C22H20N2O5S/c1-14(2)22(26)29-12-11-24-21(25)17(13-23)20-15-7-3-5-9-18(15)30(27,28)19-10-6-4-8-16(19)20/h3-10,27-28H,1,11-12H2,2H3,(H,24,25). The molecule has 1 aliphatic rings. The van der Waals surface area contributed by atoms with Crippen LogP contribution in [0.3, 0.4) is 0 Å². The molecule has 1 heterocycles. The molecule has 2 aromatic carbocycles. The highest BCUT2D eigenvalue weighted by molar-refractivity contribution is 8.24. The van der Waals surface area contributed by atoms with Gasteiger partial charge in [-0.15, -0.1) is 10.6 Å². The van der Waals surface area contributed by atoms with Gasteiger partial charge >= 0.3 is 5.97 Å². The maximum atomic E-state index is 12.8. The lowest BCUT2D eigenvalue weighted by atomic mass is 9.92. The van der Waals surface area contributed by atoms with Crippen LogP contribution in [0.1, 0.15) is 18.1 Å². The molecule has 0 aromatic heterocycles. The first-order chi connectivity index (χ1) is 14.3. The summed E-state index contributed by atoms with van der Waals surface area (Å²) in [4.78, 5) is 24.7. The third-order valence-corrected chi connectivity index (χ3v) is 6.42. The van der Waals surface area contributed by atoms with Crippen molar-refractivity contribution in [2.24, 2.45) is 0 Å². The molecule has 0 unspecified atom stereocenters. The summed E-state index contributed by atoms with van der Waals surface area (Å²) in [6, 6.07) is 15.1. The van der Waals surface area contributed by atoms with Crippen molar-refractivity contribution in [1.29, 1.82) is 5.26 Å². The monoisotopic (exact) mass is 424 g/mol. The van der Waals surface area contributed by atoms with Crippen LogP contribution in [0.2, 0.25) is 0 Å². The van der Waals surface area contributed by atoms with E-state index >= 15 is 0 Å². The Hall–Kier alpha value is -3.38. The van der Waals surface area contributed by atoms with E-state index < -0.39 is 22.5 Å². The Morgan fingerprint density at radius 1 is 1.10 bits per heavy atom. The molecule has 7 nitrogen and oxygen atoms in total. The van der Waals surface area contributed by atoms with E-state index in [1.165, 1.54) is 6.92 Å². The SMILES string of the molecule is C=C(C)C(=O)OCCNC(=O)C(C#N)=C1c2ccccc2S(O)(O)c2ccccc21. The van der Waals surface area contributed by atoms with E-state index in [-0.39, 0.29) is 34.1 Å². The summed E-state index contributed by atoms with van der Waals surface area (Å²) in [5.41, 5.74) is 1.23. The van der Waals surface area contributed by atoms with E-state index in [2.05, 4.69) is 11.9 Å². The average molecular weight is 424 g/mol. The van der Waals surface area contributed by atoms with E-state index in [0.717, 1.165) is 0 Å². The Morgan fingerprint density at radius 2 is 1.63 bits per heavy atom. The molecule has 8 heteroatoms. The van der Waals surface area contributed by atoms with Gasteiger partial charge in [-0.05, 0) is 19.1 Å². The van der Waals surface area contributed by atoms with Crippen LogP contribution >= 0.6 is 10.6 Å². The maximum absolute atomic E-state index is 12.8. The van der Waals surface area contributed by atoms with Crippen molar-refractivity contribution in [3.8, 4) is 6.07 Å². The minimum absolute atomic E-state index is 0.00872. The van der Waals surface area contributed by atoms with Crippen LogP contribution in [0.25, 0.3) is 5.57 Å². The smallest absolute Gasteiger partial charge is 0.333 e. The number of esters is 1. The predicted octanol–water partition coefficient (Wildman–Crippen LogP) is 3.73. The Morgan fingerprint density at radius 3 is 2.13 bits per heavy atom. The Labute approximate surface area is 175 Å². The summed E-state index contributed by atoms with van der Waals surface area (Å²) < 4.78 is 26.6. The minimum atomic E-state index is -3.28. The number of hydrogen-bond acceptors (Lipinski definition) is 6. The number of nitrogens with zero attached hydrogens (tertiary/aromatic N) is 1. The summed E-state index contributed by atoms with van der Waals surface area (Å²) in [6.07, 6.45) is 0. The van der Waals surface area contributed by atoms with E-state index in [0.29, 0.717) is 16.7 Å². The highest BCUT2D eigenvalue weighted by Gasteiger charge is 2.35. The fourth-order valence-electron chi connectivity index (χ4n) is 3.12. The van der Waals surface area contributed by atoms with Crippen LogP contribution in [0.4, 0.5) is 0 Å². The third-order valence-electron chi connectivity index (χ3n) is 4.48. The van der Waals surface area contributed by atoms with E-state index in [1.807, 2.05) is 6.07 Å². The van der Waals surface area contributed by atoms with Gasteiger partial charge in [0.15, 0.2) is 0 Å². The molecule has 1 aliphatic heterocycles. The maximum Gasteiger partial charge on any atom is 0.333 e. The molecular weight excluding hydrogens is 404 g/mol. The molecule has 0 saturated carbocycles. The summed E-state index contributed by atoms with van der Waals surface area (Å²) in [5, 5.41) is 12.3. The number of fused-ring (bicyclic) bond motifs is 2. The summed E-state index contributed by atoms with van der Waals surface area (Å²) in [6.45, 7) is 4.93. The highest BCUT2D eigenvalue weighted by Crippen LogP contribution is 2.63. The summed E-state index contributed by atoms with van der Waals surface area (Å²) in [5.74, 6) is -1.22. The van der Waals surface area contributed by atoms with Gasteiger partial charge in [-0.3, -0.25) is 13.9 Å². The molecule has 1 amide bonds. The van der Waals surface area contributed by atoms with Gasteiger partial charge in [-0.25, -0.2) is 4.79 Å². The second-order valence-electron chi connectivity index (χ2n) is 6.58. The highest BCUT2D eigenvalue weighted by atomic mass is 32.3. The molecule has 0 radical (unpaired) electrons. The zero-order valence-corrected chi connectivity index (χ0v) is 17.0. The number of hydrogen-bond donors (Lipinski definition) is 3. The van der Waals surface area contributed by atoms with E-state index in [1.54, 1.807) is 48.5 Å². The Kier molecular flexibility index (Phi) is 6.08. The molecule has 3 N–H and O–H groups in total. The Bertz CT molecular complexity index is 1060. The largest absolute Gasteiger partial charge is 0.460 e. The Balaban J connectivity index is 1.99. The number of nitrogens with one attached hydrogen (secondary N) is 1. The van der Waals surface area contributed by atoms with Crippen LogP contribution in [0, 0.1) is 11.3 Å². The van der Waals surface area contributed by atoms with Gasteiger partial charge < -0.3 is 10.1 Å². The number of carbonyl (C=O) groups excluding carboxylic acids is 2. The lowest BCUT2D eigenvalue weighted by Crippen LogP contribution is -2.30. The van der Waals surface area contributed by atoms with E-state index in [9.17, 15) is 24.0 Å². The zero-order valence-electron chi connectivity index (χ0n) is 16.2. The lowest BCUT2D eigenvalue weighted by Gasteiger charge is -2.40. The lowest BCUT2D eigenvalue weighted by molar-refractivity contribution is -0.139. The number of nitriles is 1. The van der Waals surface area contributed by atoms with Crippen molar-refractivity contribution in [2.45, 2.75) is 16.7 Å². The summed E-state index contributed by atoms with van der Waals surface area (Å²) >= 11 is 0. The van der Waals surface area contributed by atoms with Gasteiger partial charge in [0.1, 0.15) is 18.2 Å². The van der Waals surface area contributed by atoms with Crippen molar-refractivity contribution in [2.75, 3.05) is 13.2 Å². The quantitative estimate of drug-likeness (QED) is 0.291. The topological polar surface area (TPSA) is 120 Å². The van der Waals surface area contributed by atoms with Gasteiger partial charge in [-0.2, -0.15) is 5.26 Å². The van der Waals surface area contributed by atoms with Crippen molar-refractivity contribution in [3.63, 3.8) is 0 Å². The van der Waals surface area contributed by atoms with Gasteiger partial charge in [0.05, 0.1) is 16.3 Å². The van der Waals surface area contributed by atoms with Crippen molar-refractivity contribution in [1.82, 2.24) is 5.32 Å². The van der Waals surface area contributed by atoms with Gasteiger partial charge in [0, 0.05) is 22.3 Å². The van der Waals surface area contributed by atoms with Crippen molar-refractivity contribution < 1.29 is 23.4 Å². The van der Waals surface area contributed by atoms with Gasteiger partial charge in [-0.1, -0.05) is 43.0 Å². The van der Waals surface area contributed by atoms with Crippen LogP contribution < -0.4 is 5.32 Å². The van der Waals surface area contributed by atoms with Crippen molar-refractivity contribution in [3.05, 3.63) is 77.4 Å². The van der Waals surface area contributed by atoms with Crippen LogP contribution in [-0.2, 0) is 14.3 Å². The number of amides is 1. The molecule has 2 aromatic rings. The average Bonchev–Trinajstić information content (AvgIpc) is 2.74.